The second-order valence-electron chi connectivity index (χ2n) is 8.34. The van der Waals surface area contributed by atoms with Gasteiger partial charge in [-0.05, 0) is 48.6 Å². The summed E-state index contributed by atoms with van der Waals surface area (Å²) in [6, 6.07) is 13.6. The molecule has 0 amide bonds. The lowest BCUT2D eigenvalue weighted by atomic mass is 9.61. The molecule has 0 spiro atoms. The Balaban J connectivity index is 1.72. The van der Waals surface area contributed by atoms with E-state index in [1.165, 1.54) is 13.2 Å². The van der Waals surface area contributed by atoms with E-state index in [0.717, 1.165) is 12.0 Å². The highest BCUT2D eigenvalue weighted by atomic mass is 35.5. The summed E-state index contributed by atoms with van der Waals surface area (Å²) in [6.45, 7) is 1.90. The van der Waals surface area contributed by atoms with Gasteiger partial charge in [-0.3, -0.25) is 9.59 Å². The molecule has 0 bridgehead atoms. The normalized spacial score (nSPS) is 31.1. The summed E-state index contributed by atoms with van der Waals surface area (Å²) in [5.74, 6) is -2.38. The molecule has 1 saturated carbocycles. The number of ether oxygens (including phenoxy) is 1. The molecular weight excluding hydrogens is 405 g/mol. The monoisotopic (exact) mass is 429 g/mol. The number of hydrogen-bond donors (Lipinski definition) is 1. The van der Waals surface area contributed by atoms with Gasteiger partial charge in [0.05, 0.1) is 13.0 Å². The van der Waals surface area contributed by atoms with Crippen molar-refractivity contribution < 1.29 is 18.7 Å². The smallest absolute Gasteiger partial charge is 0.310 e. The Hall–Kier alpha value is -2.24. The van der Waals surface area contributed by atoms with Crippen molar-refractivity contribution in [1.29, 1.82) is 0 Å². The molecule has 0 aromatic heterocycles. The van der Waals surface area contributed by atoms with Crippen molar-refractivity contribution in [3.05, 3.63) is 70.5 Å². The summed E-state index contributed by atoms with van der Waals surface area (Å²) in [7, 11) is 1.33. The van der Waals surface area contributed by atoms with Crippen molar-refractivity contribution in [3.63, 3.8) is 0 Å². The molecule has 2 aliphatic rings. The van der Waals surface area contributed by atoms with Crippen LogP contribution < -0.4 is 5.32 Å². The highest BCUT2D eigenvalue weighted by Crippen LogP contribution is 2.48. The fraction of sp³-hybridized carbons (Fsp3) is 0.417. The van der Waals surface area contributed by atoms with Gasteiger partial charge in [0.1, 0.15) is 11.6 Å². The average Bonchev–Trinajstić information content (AvgIpc) is 2.73. The molecule has 158 valence electrons. The van der Waals surface area contributed by atoms with Crippen LogP contribution in [0.1, 0.15) is 42.7 Å². The fourth-order valence-electron chi connectivity index (χ4n) is 5.35. The summed E-state index contributed by atoms with van der Waals surface area (Å²) in [6.07, 6.45) is 1.10. The lowest BCUT2D eigenvalue weighted by Crippen LogP contribution is -2.61. The number of carbonyl (C=O) groups excluding carboxylic acids is 2. The molecule has 1 aliphatic heterocycles. The topological polar surface area (TPSA) is 55.4 Å². The first-order valence-corrected chi connectivity index (χ1v) is 10.6. The number of carbonyl (C=O) groups is 2. The molecule has 2 aromatic carbocycles. The Morgan fingerprint density at radius 2 is 1.83 bits per heavy atom. The van der Waals surface area contributed by atoms with Crippen LogP contribution in [-0.4, -0.2) is 30.9 Å². The average molecular weight is 430 g/mol. The first-order chi connectivity index (χ1) is 14.4. The number of methoxy groups -OCH3 is 1. The largest absolute Gasteiger partial charge is 0.469 e. The third-order valence-electron chi connectivity index (χ3n) is 6.66. The van der Waals surface area contributed by atoms with Gasteiger partial charge in [0.25, 0.3) is 0 Å². The third kappa shape index (κ3) is 3.77. The number of halogens is 2. The van der Waals surface area contributed by atoms with E-state index in [2.05, 4.69) is 5.32 Å². The number of ketones is 1. The fourth-order valence-corrected chi connectivity index (χ4v) is 5.47. The van der Waals surface area contributed by atoms with Crippen molar-refractivity contribution in [3.8, 4) is 0 Å². The second kappa shape index (κ2) is 8.48. The maximum atomic E-state index is 14.8. The van der Waals surface area contributed by atoms with Gasteiger partial charge in [-0.25, -0.2) is 4.39 Å². The highest BCUT2D eigenvalue weighted by Gasteiger charge is 2.53. The van der Waals surface area contributed by atoms with Gasteiger partial charge in [-0.15, -0.1) is 0 Å². The molecule has 0 radical (unpaired) electrons. The predicted molar refractivity (Wildman–Crippen MR) is 113 cm³/mol. The minimum absolute atomic E-state index is 0.0488. The van der Waals surface area contributed by atoms with Gasteiger partial charge in [-0.2, -0.15) is 0 Å². The summed E-state index contributed by atoms with van der Waals surface area (Å²) in [5, 5.41) is 4.13. The van der Waals surface area contributed by atoms with Crippen molar-refractivity contribution in [2.75, 3.05) is 7.11 Å². The zero-order valence-electron chi connectivity index (χ0n) is 17.0. The summed E-state index contributed by atoms with van der Waals surface area (Å²) < 4.78 is 19.9. The number of nitrogens with one attached hydrogen (secondary N) is 1. The number of hydrogen-bond acceptors (Lipinski definition) is 4. The van der Waals surface area contributed by atoms with E-state index in [9.17, 15) is 14.0 Å². The molecule has 4 nitrogen and oxygen atoms in total. The van der Waals surface area contributed by atoms with E-state index in [4.69, 9.17) is 16.3 Å². The Morgan fingerprint density at radius 3 is 2.50 bits per heavy atom. The van der Waals surface area contributed by atoms with Crippen molar-refractivity contribution in [2.24, 2.45) is 11.8 Å². The molecule has 1 N–H and O–H groups in total. The maximum absolute atomic E-state index is 14.8. The van der Waals surface area contributed by atoms with Crippen LogP contribution in [0.4, 0.5) is 4.39 Å². The van der Waals surface area contributed by atoms with Gasteiger partial charge >= 0.3 is 5.97 Å². The number of fused-ring (bicyclic) bond motifs is 1. The Bertz CT molecular complexity index is 948. The Morgan fingerprint density at radius 1 is 1.13 bits per heavy atom. The highest BCUT2D eigenvalue weighted by molar-refractivity contribution is 6.30. The van der Waals surface area contributed by atoms with E-state index in [0.29, 0.717) is 17.0 Å². The Kier molecular flexibility index (Phi) is 5.94. The zero-order valence-corrected chi connectivity index (χ0v) is 17.7. The van der Waals surface area contributed by atoms with Crippen LogP contribution in [0, 0.1) is 17.7 Å². The van der Waals surface area contributed by atoms with Gasteiger partial charge in [-0.1, -0.05) is 41.9 Å². The molecule has 2 fully saturated rings. The van der Waals surface area contributed by atoms with Crippen LogP contribution in [0.5, 0.6) is 0 Å². The van der Waals surface area contributed by atoms with Gasteiger partial charge in [0.15, 0.2) is 0 Å². The number of piperidine rings is 1. The van der Waals surface area contributed by atoms with Crippen LogP contribution in [0.3, 0.4) is 0 Å². The van der Waals surface area contributed by atoms with E-state index in [1.807, 2.05) is 31.2 Å². The van der Waals surface area contributed by atoms with Crippen molar-refractivity contribution in [2.45, 2.75) is 43.7 Å². The molecule has 4 rings (SSSR count). The van der Waals surface area contributed by atoms with E-state index in [1.54, 1.807) is 18.2 Å². The number of rotatable bonds is 3. The SMILES string of the molecule is COC(=O)C1C(C)NC2CC(c3ccc(Cl)cc3)CC(=O)C2C1c1ccccc1F. The zero-order chi connectivity index (χ0) is 21.4. The number of Topliss-reactive ketones (excluding diaryl/α,β-unsaturated/α-hetero) is 1. The second-order valence-corrected chi connectivity index (χ2v) is 8.77. The van der Waals surface area contributed by atoms with Gasteiger partial charge < -0.3 is 10.1 Å². The molecule has 2 aromatic rings. The molecule has 6 heteroatoms. The molecule has 1 heterocycles. The van der Waals surface area contributed by atoms with Gasteiger partial charge in [0, 0.05) is 35.4 Å². The van der Waals surface area contributed by atoms with E-state index in [-0.39, 0.29) is 23.8 Å². The van der Waals surface area contributed by atoms with Crippen LogP contribution in [0.25, 0.3) is 0 Å². The molecule has 6 atom stereocenters. The third-order valence-corrected chi connectivity index (χ3v) is 6.91. The lowest BCUT2D eigenvalue weighted by Gasteiger charge is -2.49. The molecule has 30 heavy (non-hydrogen) atoms. The maximum Gasteiger partial charge on any atom is 0.310 e. The first-order valence-electron chi connectivity index (χ1n) is 10.3. The molecule has 1 saturated heterocycles. The lowest BCUT2D eigenvalue weighted by molar-refractivity contribution is -0.151. The predicted octanol–water partition coefficient (Wildman–Crippen LogP) is 4.48. The molecule has 6 unspecified atom stereocenters. The summed E-state index contributed by atoms with van der Waals surface area (Å²) >= 11 is 6.01. The standard InChI is InChI=1S/C24H25ClFNO3/c1-13-21(24(29)30-2)22(17-5-3-4-6-18(17)26)23-19(27-13)11-15(12-20(23)28)14-7-9-16(25)10-8-14/h3-10,13,15,19,21-23,27H,11-12H2,1-2H3. The molecule has 1 aliphatic carbocycles. The molecular formula is C24H25ClFNO3. The van der Waals surface area contributed by atoms with Crippen LogP contribution >= 0.6 is 11.6 Å². The van der Waals surface area contributed by atoms with Crippen molar-refractivity contribution >= 4 is 23.4 Å². The van der Waals surface area contributed by atoms with E-state index < -0.39 is 29.5 Å². The van der Waals surface area contributed by atoms with Crippen LogP contribution in [0.2, 0.25) is 5.02 Å². The number of esters is 1. The minimum Gasteiger partial charge on any atom is -0.469 e. The minimum atomic E-state index is -0.635. The van der Waals surface area contributed by atoms with Gasteiger partial charge in [0.2, 0.25) is 0 Å². The Labute approximate surface area is 180 Å². The van der Waals surface area contributed by atoms with Crippen LogP contribution in [0.15, 0.2) is 48.5 Å². The van der Waals surface area contributed by atoms with Crippen molar-refractivity contribution in [1.82, 2.24) is 5.32 Å². The number of benzene rings is 2. The van der Waals surface area contributed by atoms with E-state index >= 15 is 0 Å². The van der Waals surface area contributed by atoms with Crippen LogP contribution in [-0.2, 0) is 14.3 Å². The quantitative estimate of drug-likeness (QED) is 0.731. The first kappa shape index (κ1) is 21.0. The summed E-state index contributed by atoms with van der Waals surface area (Å²) in [4.78, 5) is 26.1. The summed E-state index contributed by atoms with van der Waals surface area (Å²) in [5.41, 5.74) is 1.48.